The third-order valence-electron chi connectivity index (χ3n) is 6.33. The van der Waals surface area contributed by atoms with E-state index >= 15 is 0 Å². The van der Waals surface area contributed by atoms with Gasteiger partial charge in [0.1, 0.15) is 10.7 Å². The van der Waals surface area contributed by atoms with Gasteiger partial charge in [0, 0.05) is 23.7 Å². The van der Waals surface area contributed by atoms with Crippen LogP contribution in [-0.2, 0) is 10.0 Å². The van der Waals surface area contributed by atoms with Crippen molar-refractivity contribution in [1.29, 1.82) is 0 Å². The van der Waals surface area contributed by atoms with E-state index in [1.807, 2.05) is 0 Å². The standard InChI is InChI=1S/C21H29ClFN5O2S2/c22-16-14-19(32(29,30)27-20-25-9-13-31-20)17(23)15-18(16)24-7-1-2-10-28-11-5-21(6-12-28)4-3-8-26-21/h9,13-15,24,26H,1-8,10-12H2,(H,25,27). The number of hydrogen-bond acceptors (Lipinski definition) is 7. The monoisotopic (exact) mass is 501 g/mol. The lowest BCUT2D eigenvalue weighted by molar-refractivity contribution is 0.147. The first-order chi connectivity index (χ1) is 15.4. The highest BCUT2D eigenvalue weighted by Gasteiger charge is 2.36. The van der Waals surface area contributed by atoms with E-state index in [1.165, 1.54) is 31.9 Å². The number of anilines is 2. The number of thiazole rings is 1. The van der Waals surface area contributed by atoms with E-state index in [9.17, 15) is 12.8 Å². The van der Waals surface area contributed by atoms with Crippen molar-refractivity contribution in [3.63, 3.8) is 0 Å². The van der Waals surface area contributed by atoms with E-state index in [-0.39, 0.29) is 10.2 Å². The lowest BCUT2D eigenvalue weighted by Crippen LogP contribution is -2.50. The van der Waals surface area contributed by atoms with E-state index in [2.05, 4.69) is 25.2 Å². The number of unbranched alkanes of at least 4 members (excludes halogenated alkanes) is 1. The molecular formula is C21H29ClFN5O2S2. The molecule has 0 radical (unpaired) electrons. The number of hydrogen-bond donors (Lipinski definition) is 3. The Bertz CT molecular complexity index is 1000. The average Bonchev–Trinajstić information content (AvgIpc) is 3.43. The van der Waals surface area contributed by atoms with Crippen LogP contribution in [0.5, 0.6) is 0 Å². The first-order valence-corrected chi connectivity index (χ1v) is 13.7. The summed E-state index contributed by atoms with van der Waals surface area (Å²) >= 11 is 7.35. The Kier molecular flexibility index (Phi) is 7.56. The second-order valence-electron chi connectivity index (χ2n) is 8.49. The van der Waals surface area contributed by atoms with E-state index in [0.717, 1.165) is 62.5 Å². The van der Waals surface area contributed by atoms with Crippen LogP contribution < -0.4 is 15.4 Å². The van der Waals surface area contributed by atoms with Crippen molar-refractivity contribution in [3.8, 4) is 0 Å². The van der Waals surface area contributed by atoms with Crippen molar-refractivity contribution in [3.05, 3.63) is 34.5 Å². The van der Waals surface area contributed by atoms with Gasteiger partial charge in [0.15, 0.2) is 5.13 Å². The minimum Gasteiger partial charge on any atom is -0.384 e. The van der Waals surface area contributed by atoms with Gasteiger partial charge in [-0.15, -0.1) is 11.3 Å². The normalized spacial score (nSPS) is 18.8. The highest BCUT2D eigenvalue weighted by atomic mass is 35.5. The fraction of sp³-hybridized carbons (Fsp3) is 0.571. The van der Waals surface area contributed by atoms with E-state index in [0.29, 0.717) is 17.8 Å². The van der Waals surface area contributed by atoms with Crippen molar-refractivity contribution in [2.45, 2.75) is 49.0 Å². The molecule has 0 atom stereocenters. The fourth-order valence-corrected chi connectivity index (χ4v) is 6.67. The van der Waals surface area contributed by atoms with Crippen LogP contribution in [0.2, 0.25) is 5.02 Å². The number of aromatic nitrogens is 1. The Morgan fingerprint density at radius 1 is 1.25 bits per heavy atom. The molecule has 1 aromatic heterocycles. The molecule has 0 saturated carbocycles. The third-order valence-corrected chi connectivity index (χ3v) is 8.81. The van der Waals surface area contributed by atoms with Crippen LogP contribution in [0, 0.1) is 5.82 Å². The largest absolute Gasteiger partial charge is 0.384 e. The van der Waals surface area contributed by atoms with Crippen molar-refractivity contribution in [2.24, 2.45) is 0 Å². The van der Waals surface area contributed by atoms with Gasteiger partial charge in [-0.2, -0.15) is 0 Å². The second kappa shape index (κ2) is 10.2. The fourth-order valence-electron chi connectivity index (χ4n) is 4.50. The Morgan fingerprint density at radius 2 is 2.06 bits per heavy atom. The lowest BCUT2D eigenvalue weighted by Gasteiger charge is -2.39. The lowest BCUT2D eigenvalue weighted by atomic mass is 9.86. The summed E-state index contributed by atoms with van der Waals surface area (Å²) < 4.78 is 41.7. The molecular weight excluding hydrogens is 473 g/mol. The Labute approximate surface area is 197 Å². The minimum atomic E-state index is -4.10. The molecule has 1 aromatic carbocycles. The first kappa shape index (κ1) is 23.7. The highest BCUT2D eigenvalue weighted by Crippen LogP contribution is 2.31. The molecule has 0 unspecified atom stereocenters. The number of piperidine rings is 1. The van der Waals surface area contributed by atoms with Gasteiger partial charge in [0.2, 0.25) is 0 Å². The molecule has 2 aliphatic heterocycles. The first-order valence-electron chi connectivity index (χ1n) is 11.0. The molecule has 2 fully saturated rings. The summed E-state index contributed by atoms with van der Waals surface area (Å²) in [7, 11) is -4.10. The van der Waals surface area contributed by atoms with Gasteiger partial charge in [-0.1, -0.05) is 11.6 Å². The van der Waals surface area contributed by atoms with Gasteiger partial charge in [0.25, 0.3) is 10.0 Å². The smallest absolute Gasteiger partial charge is 0.266 e. The summed E-state index contributed by atoms with van der Waals surface area (Å²) in [6.45, 7) is 5.14. The van der Waals surface area contributed by atoms with Crippen LogP contribution in [0.15, 0.2) is 28.6 Å². The van der Waals surface area contributed by atoms with Gasteiger partial charge < -0.3 is 15.5 Å². The number of nitrogens with zero attached hydrogens (tertiary/aromatic N) is 2. The predicted molar refractivity (Wildman–Crippen MR) is 128 cm³/mol. The summed E-state index contributed by atoms with van der Waals surface area (Å²) in [5.41, 5.74) is 0.790. The Morgan fingerprint density at radius 3 is 2.75 bits per heavy atom. The van der Waals surface area contributed by atoms with Gasteiger partial charge in [-0.05, 0) is 76.8 Å². The van der Waals surface area contributed by atoms with Gasteiger partial charge >= 0.3 is 0 Å². The second-order valence-corrected chi connectivity index (χ2v) is 11.4. The Balaban J connectivity index is 1.23. The highest BCUT2D eigenvalue weighted by molar-refractivity contribution is 7.93. The zero-order valence-corrected chi connectivity index (χ0v) is 20.3. The molecule has 2 saturated heterocycles. The van der Waals surface area contributed by atoms with Crippen LogP contribution >= 0.6 is 22.9 Å². The predicted octanol–water partition coefficient (Wildman–Crippen LogP) is 4.15. The van der Waals surface area contributed by atoms with Crippen LogP contribution in [-0.4, -0.2) is 56.6 Å². The summed E-state index contributed by atoms with van der Waals surface area (Å²) in [5.74, 6) is -0.858. The zero-order chi connectivity index (χ0) is 22.6. The summed E-state index contributed by atoms with van der Waals surface area (Å²) in [6, 6.07) is 2.27. The van der Waals surface area contributed by atoms with E-state index in [1.54, 1.807) is 5.38 Å². The number of rotatable bonds is 9. The number of halogens is 2. The molecule has 2 aliphatic rings. The van der Waals surface area contributed by atoms with E-state index in [4.69, 9.17) is 11.6 Å². The van der Waals surface area contributed by atoms with Gasteiger partial charge in [-0.25, -0.2) is 17.8 Å². The molecule has 3 N–H and O–H groups in total. The van der Waals surface area contributed by atoms with Crippen LogP contribution in [0.4, 0.5) is 15.2 Å². The number of nitrogens with one attached hydrogen (secondary N) is 3. The maximum atomic E-state index is 14.6. The third kappa shape index (κ3) is 5.72. The van der Waals surface area contributed by atoms with Gasteiger partial charge in [-0.3, -0.25) is 4.72 Å². The van der Waals surface area contributed by atoms with E-state index < -0.39 is 20.7 Å². The summed E-state index contributed by atoms with van der Waals surface area (Å²) in [6.07, 6.45) is 8.49. The van der Waals surface area contributed by atoms with Crippen molar-refractivity contribution >= 4 is 43.8 Å². The number of benzene rings is 1. The molecule has 3 heterocycles. The van der Waals surface area contributed by atoms with Crippen molar-refractivity contribution in [1.82, 2.24) is 15.2 Å². The molecule has 4 rings (SSSR count). The molecule has 7 nitrogen and oxygen atoms in total. The molecule has 11 heteroatoms. The van der Waals surface area contributed by atoms with Gasteiger partial charge in [0.05, 0.1) is 10.7 Å². The molecule has 0 aliphatic carbocycles. The number of sulfonamides is 1. The molecule has 2 aromatic rings. The summed E-state index contributed by atoms with van der Waals surface area (Å²) in [4.78, 5) is 5.88. The van der Waals surface area contributed by atoms with Crippen molar-refractivity contribution in [2.75, 3.05) is 42.8 Å². The summed E-state index contributed by atoms with van der Waals surface area (Å²) in [5, 5.41) is 8.79. The molecule has 0 amide bonds. The van der Waals surface area contributed by atoms with Crippen LogP contribution in [0.3, 0.4) is 0 Å². The SMILES string of the molecule is O=S(=O)(Nc1nccs1)c1cc(Cl)c(NCCCCN2CCC3(CCCN3)CC2)cc1F. The Hall–Kier alpha value is -1.46. The molecule has 0 bridgehead atoms. The molecule has 176 valence electrons. The maximum absolute atomic E-state index is 14.6. The molecule has 1 spiro atoms. The zero-order valence-electron chi connectivity index (χ0n) is 17.9. The number of likely N-dealkylation sites (tertiary alicyclic amines) is 1. The van der Waals surface area contributed by atoms with Crippen LogP contribution in [0.1, 0.15) is 38.5 Å². The van der Waals surface area contributed by atoms with Crippen molar-refractivity contribution < 1.29 is 12.8 Å². The minimum absolute atomic E-state index is 0.163. The topological polar surface area (TPSA) is 86.4 Å². The quantitative estimate of drug-likeness (QED) is 0.447. The van der Waals surface area contributed by atoms with Crippen LogP contribution in [0.25, 0.3) is 0 Å². The maximum Gasteiger partial charge on any atom is 0.266 e. The molecule has 32 heavy (non-hydrogen) atoms. The average molecular weight is 502 g/mol.